The summed E-state index contributed by atoms with van der Waals surface area (Å²) in [7, 11) is 1.68. The topological polar surface area (TPSA) is 73.1 Å². The SMILES string of the molecule is COCCCNc1ncnc2onc(-c3ccc(Cl)cc3)c12. The van der Waals surface area contributed by atoms with Gasteiger partial charge in [-0.25, -0.2) is 4.98 Å². The maximum Gasteiger partial charge on any atom is 0.263 e. The lowest BCUT2D eigenvalue weighted by Crippen LogP contribution is -2.06. The Balaban J connectivity index is 1.95. The van der Waals surface area contributed by atoms with E-state index >= 15 is 0 Å². The van der Waals surface area contributed by atoms with E-state index in [9.17, 15) is 0 Å². The van der Waals surface area contributed by atoms with Crippen LogP contribution < -0.4 is 5.32 Å². The monoisotopic (exact) mass is 318 g/mol. The normalized spacial score (nSPS) is 11.0. The van der Waals surface area contributed by atoms with Crippen molar-refractivity contribution in [2.24, 2.45) is 0 Å². The van der Waals surface area contributed by atoms with Gasteiger partial charge in [0.2, 0.25) is 0 Å². The smallest absolute Gasteiger partial charge is 0.263 e. The van der Waals surface area contributed by atoms with E-state index < -0.39 is 0 Å². The molecule has 0 aliphatic rings. The van der Waals surface area contributed by atoms with Crippen molar-refractivity contribution in [2.75, 3.05) is 25.6 Å². The van der Waals surface area contributed by atoms with Crippen molar-refractivity contribution >= 4 is 28.5 Å². The molecule has 6 nitrogen and oxygen atoms in total. The minimum Gasteiger partial charge on any atom is -0.385 e. The Labute approximate surface area is 132 Å². The number of nitrogens with one attached hydrogen (secondary N) is 1. The van der Waals surface area contributed by atoms with E-state index in [0.717, 1.165) is 23.9 Å². The van der Waals surface area contributed by atoms with Gasteiger partial charge in [0, 0.05) is 30.8 Å². The van der Waals surface area contributed by atoms with Crippen molar-refractivity contribution in [3.05, 3.63) is 35.6 Å². The number of hydrogen-bond acceptors (Lipinski definition) is 6. The van der Waals surface area contributed by atoms with Crippen molar-refractivity contribution in [1.29, 1.82) is 0 Å². The minimum absolute atomic E-state index is 0.453. The number of anilines is 1. The fourth-order valence-electron chi connectivity index (χ4n) is 2.15. The standard InChI is InChI=1S/C15H15ClN4O2/c1-21-8-2-7-17-14-12-13(10-3-5-11(16)6-4-10)20-22-15(12)19-9-18-14/h3-6,9H,2,7-8H2,1H3,(H,17,18,19). The Morgan fingerprint density at radius 1 is 1.23 bits per heavy atom. The highest BCUT2D eigenvalue weighted by Crippen LogP contribution is 2.31. The fourth-order valence-corrected chi connectivity index (χ4v) is 2.27. The zero-order valence-corrected chi connectivity index (χ0v) is 12.8. The number of nitrogens with zero attached hydrogens (tertiary/aromatic N) is 3. The lowest BCUT2D eigenvalue weighted by atomic mass is 10.1. The van der Waals surface area contributed by atoms with E-state index in [1.54, 1.807) is 7.11 Å². The van der Waals surface area contributed by atoms with Gasteiger partial charge >= 0.3 is 0 Å². The molecule has 0 aliphatic carbocycles. The predicted molar refractivity (Wildman–Crippen MR) is 85.0 cm³/mol. The second-order valence-electron chi connectivity index (χ2n) is 4.71. The second-order valence-corrected chi connectivity index (χ2v) is 5.15. The number of benzene rings is 1. The summed E-state index contributed by atoms with van der Waals surface area (Å²) in [5, 5.41) is 8.83. The molecule has 0 fully saturated rings. The number of fused-ring (bicyclic) bond motifs is 1. The quantitative estimate of drug-likeness (QED) is 0.702. The first-order chi connectivity index (χ1) is 10.8. The molecule has 3 rings (SSSR count). The Kier molecular flexibility index (Phi) is 4.50. The molecule has 2 heterocycles. The van der Waals surface area contributed by atoms with Gasteiger partial charge in [-0.05, 0) is 18.6 Å². The second kappa shape index (κ2) is 6.72. The van der Waals surface area contributed by atoms with E-state index in [4.69, 9.17) is 20.9 Å². The van der Waals surface area contributed by atoms with Crippen LogP contribution >= 0.6 is 11.6 Å². The molecule has 0 saturated heterocycles. The molecule has 0 saturated carbocycles. The van der Waals surface area contributed by atoms with Gasteiger partial charge in [0.15, 0.2) is 0 Å². The van der Waals surface area contributed by atoms with Crippen molar-refractivity contribution in [3.8, 4) is 11.3 Å². The molecule has 2 aromatic heterocycles. The highest BCUT2D eigenvalue weighted by molar-refractivity contribution is 6.30. The van der Waals surface area contributed by atoms with Crippen LogP contribution in [0.5, 0.6) is 0 Å². The third-order valence-corrected chi connectivity index (χ3v) is 3.46. The highest BCUT2D eigenvalue weighted by Gasteiger charge is 2.16. The number of ether oxygens (including phenoxy) is 1. The van der Waals surface area contributed by atoms with Gasteiger partial charge in [-0.2, -0.15) is 4.98 Å². The van der Waals surface area contributed by atoms with Crippen LogP contribution in [0.3, 0.4) is 0 Å². The number of halogens is 1. The van der Waals surface area contributed by atoms with Crippen molar-refractivity contribution in [1.82, 2.24) is 15.1 Å². The summed E-state index contributed by atoms with van der Waals surface area (Å²) < 4.78 is 10.3. The van der Waals surface area contributed by atoms with E-state index in [1.165, 1.54) is 6.33 Å². The van der Waals surface area contributed by atoms with Crippen molar-refractivity contribution in [3.63, 3.8) is 0 Å². The lowest BCUT2D eigenvalue weighted by Gasteiger charge is -2.06. The van der Waals surface area contributed by atoms with Gasteiger partial charge in [0.1, 0.15) is 23.2 Å². The summed E-state index contributed by atoms with van der Waals surface area (Å²) in [6.45, 7) is 1.43. The van der Waals surface area contributed by atoms with Crippen LogP contribution in [0, 0.1) is 0 Å². The van der Waals surface area contributed by atoms with E-state index in [1.807, 2.05) is 24.3 Å². The molecule has 7 heteroatoms. The maximum atomic E-state index is 5.93. The molecule has 1 N–H and O–H groups in total. The zero-order chi connectivity index (χ0) is 15.4. The van der Waals surface area contributed by atoms with E-state index in [0.29, 0.717) is 28.9 Å². The van der Waals surface area contributed by atoms with Gasteiger partial charge in [0.05, 0.1) is 0 Å². The number of aromatic nitrogens is 3. The summed E-state index contributed by atoms with van der Waals surface area (Å²) >= 11 is 5.93. The van der Waals surface area contributed by atoms with Gasteiger partial charge < -0.3 is 14.6 Å². The molecule has 0 unspecified atom stereocenters. The molecule has 0 spiro atoms. The number of methoxy groups -OCH3 is 1. The summed E-state index contributed by atoms with van der Waals surface area (Å²) in [4.78, 5) is 8.41. The summed E-state index contributed by atoms with van der Waals surface area (Å²) in [6, 6.07) is 7.41. The molecule has 0 amide bonds. The van der Waals surface area contributed by atoms with Gasteiger partial charge in [-0.1, -0.05) is 28.9 Å². The minimum atomic E-state index is 0.453. The van der Waals surface area contributed by atoms with E-state index in [-0.39, 0.29) is 0 Å². The Bertz CT molecular complexity index is 758. The average molecular weight is 319 g/mol. The third kappa shape index (κ3) is 3.03. The summed E-state index contributed by atoms with van der Waals surface area (Å²) in [5.41, 5.74) is 2.05. The van der Waals surface area contributed by atoms with Crippen molar-refractivity contribution < 1.29 is 9.26 Å². The molecule has 3 aromatic rings. The Morgan fingerprint density at radius 3 is 2.82 bits per heavy atom. The van der Waals surface area contributed by atoms with Crippen LogP contribution in [0.4, 0.5) is 5.82 Å². The highest BCUT2D eigenvalue weighted by atomic mass is 35.5. The first kappa shape index (κ1) is 14.7. The Morgan fingerprint density at radius 2 is 2.05 bits per heavy atom. The van der Waals surface area contributed by atoms with Gasteiger partial charge in [-0.15, -0.1) is 0 Å². The fraction of sp³-hybridized carbons (Fsp3) is 0.267. The van der Waals surface area contributed by atoms with Crippen LogP contribution in [-0.4, -0.2) is 35.4 Å². The van der Waals surface area contributed by atoms with Crippen LogP contribution in [0.1, 0.15) is 6.42 Å². The molecule has 0 atom stereocenters. The molecular formula is C15H15ClN4O2. The molecule has 0 bridgehead atoms. The molecule has 1 aromatic carbocycles. The first-order valence-corrected chi connectivity index (χ1v) is 7.26. The first-order valence-electron chi connectivity index (χ1n) is 6.88. The molecule has 22 heavy (non-hydrogen) atoms. The number of rotatable bonds is 6. The van der Waals surface area contributed by atoms with Crippen LogP contribution in [0.25, 0.3) is 22.4 Å². The predicted octanol–water partition coefficient (Wildman–Crippen LogP) is 3.39. The Hall–Kier alpha value is -2.18. The maximum absolute atomic E-state index is 5.93. The van der Waals surface area contributed by atoms with Crippen molar-refractivity contribution in [2.45, 2.75) is 6.42 Å². The molecule has 0 radical (unpaired) electrons. The summed E-state index contributed by atoms with van der Waals surface area (Å²) in [5.74, 6) is 0.701. The lowest BCUT2D eigenvalue weighted by molar-refractivity contribution is 0.198. The molecule has 114 valence electrons. The average Bonchev–Trinajstić information content (AvgIpc) is 2.97. The van der Waals surface area contributed by atoms with E-state index in [2.05, 4.69) is 20.4 Å². The summed E-state index contributed by atoms with van der Waals surface area (Å²) in [6.07, 6.45) is 2.33. The van der Waals surface area contributed by atoms with Gasteiger partial charge in [-0.3, -0.25) is 0 Å². The molecular weight excluding hydrogens is 304 g/mol. The zero-order valence-electron chi connectivity index (χ0n) is 12.0. The largest absolute Gasteiger partial charge is 0.385 e. The van der Waals surface area contributed by atoms with Gasteiger partial charge in [0.25, 0.3) is 5.71 Å². The molecule has 0 aliphatic heterocycles. The number of hydrogen-bond donors (Lipinski definition) is 1. The van der Waals surface area contributed by atoms with Crippen LogP contribution in [0.2, 0.25) is 5.02 Å². The van der Waals surface area contributed by atoms with Crippen LogP contribution in [0.15, 0.2) is 35.1 Å². The third-order valence-electron chi connectivity index (χ3n) is 3.21. The van der Waals surface area contributed by atoms with Crippen LogP contribution in [-0.2, 0) is 4.74 Å².